The number of hydrogen-bond donors (Lipinski definition) is 2. The first-order valence-corrected chi connectivity index (χ1v) is 8.52. The van der Waals surface area contributed by atoms with E-state index in [1.165, 1.54) is 0 Å². The molecule has 1 aliphatic heterocycles. The van der Waals surface area contributed by atoms with Crippen LogP contribution in [-0.2, 0) is 38.8 Å². The lowest BCUT2D eigenvalue weighted by Gasteiger charge is -2.32. The first-order chi connectivity index (χ1) is 10.4. The van der Waals surface area contributed by atoms with Crippen molar-refractivity contribution in [1.82, 2.24) is 9.80 Å². The highest BCUT2D eigenvalue weighted by Crippen LogP contribution is 2.12. The summed E-state index contributed by atoms with van der Waals surface area (Å²) in [5, 5.41) is 0. The van der Waals surface area contributed by atoms with Gasteiger partial charge in [-0.3, -0.25) is 28.5 Å². The van der Waals surface area contributed by atoms with E-state index in [1.807, 2.05) is 0 Å². The van der Waals surface area contributed by atoms with Crippen LogP contribution in [-0.4, -0.2) is 79.9 Å². The molecule has 132 valence electrons. The van der Waals surface area contributed by atoms with Crippen molar-refractivity contribution in [3.8, 4) is 0 Å². The normalized spacial score (nSPS) is 17.0. The highest BCUT2D eigenvalue weighted by Gasteiger charge is 2.37. The van der Waals surface area contributed by atoms with E-state index in [1.54, 1.807) is 0 Å². The second-order valence-corrected chi connectivity index (χ2v) is 6.23. The first-order valence-electron chi connectivity index (χ1n) is 5.79. The molecule has 1 rings (SSSR count). The molecule has 13 nitrogen and oxygen atoms in total. The van der Waals surface area contributed by atoms with Gasteiger partial charge in [-0.2, -0.15) is 16.8 Å². The van der Waals surface area contributed by atoms with Crippen molar-refractivity contribution < 1.29 is 48.7 Å². The lowest BCUT2D eigenvalue weighted by Crippen LogP contribution is -2.56. The quantitative estimate of drug-likeness (QED) is 0.346. The third kappa shape index (κ3) is 6.55. The largest absolute Gasteiger partial charge is 0.397 e. The van der Waals surface area contributed by atoms with Gasteiger partial charge in [0.05, 0.1) is 26.3 Å². The molecule has 0 aromatic carbocycles. The number of hydrogen-bond acceptors (Lipinski definition) is 9. The summed E-state index contributed by atoms with van der Waals surface area (Å²) < 4.78 is 66.1. The maximum absolute atomic E-state index is 11.9. The van der Waals surface area contributed by atoms with Crippen molar-refractivity contribution in [1.29, 1.82) is 0 Å². The van der Waals surface area contributed by atoms with Crippen LogP contribution >= 0.6 is 0 Å². The van der Waals surface area contributed by atoms with Crippen molar-refractivity contribution in [3.63, 3.8) is 0 Å². The van der Waals surface area contributed by atoms with E-state index in [9.17, 15) is 31.2 Å². The highest BCUT2D eigenvalue weighted by atomic mass is 32.3. The molecular weight excluding hydrogens is 364 g/mol. The zero-order valence-corrected chi connectivity index (χ0v) is 12.9. The average molecular weight is 376 g/mol. The molecular formula is C8H12N2O11S2. The summed E-state index contributed by atoms with van der Waals surface area (Å²) in [5.74, 6) is -1.85. The second kappa shape index (κ2) is 7.28. The number of amides is 4. The van der Waals surface area contributed by atoms with Gasteiger partial charge in [-0.25, -0.2) is 13.2 Å². The molecule has 0 atom stereocenters. The molecule has 2 N–H and O–H groups in total. The van der Waals surface area contributed by atoms with E-state index in [2.05, 4.69) is 8.37 Å². The Kier molecular flexibility index (Phi) is 6.14. The fourth-order valence-corrected chi connectivity index (χ4v) is 2.16. The number of carbonyl (C=O) groups excluding carboxylic acids is 3. The Bertz CT molecular complexity index is 640. The Labute approximate surface area is 130 Å². The van der Waals surface area contributed by atoms with Crippen LogP contribution in [0.4, 0.5) is 4.79 Å². The third-order valence-electron chi connectivity index (χ3n) is 2.46. The van der Waals surface area contributed by atoms with Crippen LogP contribution in [0.3, 0.4) is 0 Å². The predicted molar refractivity (Wildman–Crippen MR) is 68.4 cm³/mol. The van der Waals surface area contributed by atoms with Gasteiger partial charge in [0.1, 0.15) is 6.42 Å². The van der Waals surface area contributed by atoms with Crippen molar-refractivity contribution in [2.75, 3.05) is 26.3 Å². The van der Waals surface area contributed by atoms with Crippen molar-refractivity contribution in [2.24, 2.45) is 0 Å². The first kappa shape index (κ1) is 19.4. The Balaban J connectivity index is 2.68. The topological polar surface area (TPSA) is 185 Å². The van der Waals surface area contributed by atoms with Gasteiger partial charge in [-0.1, -0.05) is 0 Å². The van der Waals surface area contributed by atoms with E-state index >= 15 is 0 Å². The highest BCUT2D eigenvalue weighted by molar-refractivity contribution is 7.81. The molecule has 0 unspecified atom stereocenters. The maximum atomic E-state index is 11.9. The molecule has 1 aliphatic rings. The van der Waals surface area contributed by atoms with Crippen LogP contribution in [0.15, 0.2) is 0 Å². The fourth-order valence-electron chi connectivity index (χ4n) is 1.59. The SMILES string of the molecule is O=C1CC(=O)N(CCOS(=O)(=O)O)C(=O)N1CCOS(=O)(=O)O. The Hall–Kier alpha value is -1.65. The van der Waals surface area contributed by atoms with Crippen molar-refractivity contribution in [3.05, 3.63) is 0 Å². The average Bonchev–Trinajstić information content (AvgIpc) is 2.34. The molecule has 4 amide bonds. The molecule has 0 aromatic heterocycles. The minimum absolute atomic E-state index is 0.486. The number of urea groups is 1. The van der Waals surface area contributed by atoms with Crippen LogP contribution in [0.1, 0.15) is 6.42 Å². The summed E-state index contributed by atoms with van der Waals surface area (Å²) in [6.07, 6.45) is -0.719. The molecule has 0 bridgehead atoms. The van der Waals surface area contributed by atoms with Gasteiger partial charge in [0.25, 0.3) is 0 Å². The lowest BCUT2D eigenvalue weighted by molar-refractivity contribution is -0.143. The molecule has 0 aromatic rings. The van der Waals surface area contributed by atoms with E-state index in [0.717, 1.165) is 0 Å². The molecule has 0 spiro atoms. The van der Waals surface area contributed by atoms with Crippen LogP contribution in [0.5, 0.6) is 0 Å². The van der Waals surface area contributed by atoms with Crippen molar-refractivity contribution in [2.45, 2.75) is 6.42 Å². The number of nitrogens with zero attached hydrogens (tertiary/aromatic N) is 2. The van der Waals surface area contributed by atoms with Gasteiger partial charge in [0.15, 0.2) is 0 Å². The minimum Gasteiger partial charge on any atom is -0.274 e. The summed E-state index contributed by atoms with van der Waals surface area (Å²) in [6.45, 7) is -2.61. The summed E-state index contributed by atoms with van der Waals surface area (Å²) in [5.41, 5.74) is 0. The standard InChI is InChI=1S/C8H12N2O11S2/c11-6-5-7(12)10(2-4-21-23(17,18)19)8(13)9(6)1-3-20-22(14,15)16/h1-5H2,(H,14,15,16)(H,17,18,19). The Morgan fingerprint density at radius 1 is 0.826 bits per heavy atom. The zero-order chi connectivity index (χ0) is 17.8. The summed E-state index contributed by atoms with van der Waals surface area (Å²) in [7, 11) is -9.52. The van der Waals surface area contributed by atoms with Gasteiger partial charge >= 0.3 is 26.8 Å². The third-order valence-corrected chi connectivity index (χ3v) is 3.39. The van der Waals surface area contributed by atoms with Gasteiger partial charge < -0.3 is 0 Å². The monoisotopic (exact) mass is 376 g/mol. The van der Waals surface area contributed by atoms with E-state index in [-0.39, 0.29) is 0 Å². The zero-order valence-electron chi connectivity index (χ0n) is 11.3. The number of carbonyl (C=O) groups is 3. The smallest absolute Gasteiger partial charge is 0.274 e. The van der Waals surface area contributed by atoms with E-state index < -0.39 is 71.4 Å². The van der Waals surface area contributed by atoms with Crippen LogP contribution in [0.25, 0.3) is 0 Å². The summed E-state index contributed by atoms with van der Waals surface area (Å²) >= 11 is 0. The maximum Gasteiger partial charge on any atom is 0.397 e. The fraction of sp³-hybridized carbons (Fsp3) is 0.625. The molecule has 23 heavy (non-hydrogen) atoms. The molecule has 15 heteroatoms. The lowest BCUT2D eigenvalue weighted by atomic mass is 10.2. The van der Waals surface area contributed by atoms with E-state index in [0.29, 0.717) is 9.80 Å². The number of imide groups is 2. The van der Waals surface area contributed by atoms with Gasteiger partial charge in [0, 0.05) is 0 Å². The van der Waals surface area contributed by atoms with Crippen LogP contribution in [0, 0.1) is 0 Å². The van der Waals surface area contributed by atoms with Gasteiger partial charge in [0.2, 0.25) is 11.8 Å². The molecule has 0 radical (unpaired) electrons. The number of barbiturate groups is 1. The molecule has 0 aliphatic carbocycles. The summed E-state index contributed by atoms with van der Waals surface area (Å²) in [4.78, 5) is 36.0. The predicted octanol–water partition coefficient (Wildman–Crippen LogP) is -2.19. The van der Waals surface area contributed by atoms with Crippen LogP contribution in [0.2, 0.25) is 0 Å². The molecule has 0 saturated carbocycles. The Morgan fingerprint density at radius 2 is 1.17 bits per heavy atom. The summed E-state index contributed by atoms with van der Waals surface area (Å²) in [6, 6.07) is -1.15. The molecule has 1 heterocycles. The van der Waals surface area contributed by atoms with Gasteiger partial charge in [-0.05, 0) is 0 Å². The molecule has 1 fully saturated rings. The van der Waals surface area contributed by atoms with E-state index in [4.69, 9.17) is 9.11 Å². The Morgan fingerprint density at radius 3 is 1.48 bits per heavy atom. The van der Waals surface area contributed by atoms with Crippen molar-refractivity contribution >= 4 is 38.6 Å². The number of rotatable bonds is 8. The second-order valence-electron chi connectivity index (χ2n) is 4.05. The minimum atomic E-state index is -4.76. The molecule has 1 saturated heterocycles. The van der Waals surface area contributed by atoms with Crippen LogP contribution < -0.4 is 0 Å². The van der Waals surface area contributed by atoms with Gasteiger partial charge in [-0.15, -0.1) is 0 Å².